The van der Waals surface area contributed by atoms with Crippen LogP contribution in [0.5, 0.6) is 11.5 Å². The molecule has 35 heavy (non-hydrogen) atoms. The summed E-state index contributed by atoms with van der Waals surface area (Å²) in [6, 6.07) is 22.0. The van der Waals surface area contributed by atoms with Gasteiger partial charge in [-0.2, -0.15) is 0 Å². The van der Waals surface area contributed by atoms with E-state index in [1.807, 2.05) is 36.4 Å². The van der Waals surface area contributed by atoms with E-state index in [9.17, 15) is 9.59 Å². The Morgan fingerprint density at radius 3 is 2.66 bits per heavy atom. The average Bonchev–Trinajstić information content (AvgIpc) is 3.27. The minimum atomic E-state index is -0.272. The number of nitrogens with one attached hydrogen (secondary N) is 2. The summed E-state index contributed by atoms with van der Waals surface area (Å²) in [5.74, 6) is 0.983. The van der Waals surface area contributed by atoms with Gasteiger partial charge in [-0.1, -0.05) is 48.2 Å². The van der Waals surface area contributed by atoms with Crippen molar-refractivity contribution >= 4 is 45.3 Å². The van der Waals surface area contributed by atoms with Crippen molar-refractivity contribution in [3.05, 3.63) is 83.2 Å². The van der Waals surface area contributed by atoms with Crippen LogP contribution in [0.25, 0.3) is 27.6 Å². The fourth-order valence-electron chi connectivity index (χ4n) is 3.89. The number of para-hydroxylation sites is 3. The normalized spacial score (nSPS) is 11.0. The topological polar surface area (TPSA) is 98.2 Å². The number of carbonyl (C=O) groups is 1. The van der Waals surface area contributed by atoms with E-state index in [-0.39, 0.29) is 17.2 Å². The summed E-state index contributed by atoms with van der Waals surface area (Å²) in [6.45, 7) is 0. The number of hydrogen-bond acceptors (Lipinski definition) is 6. The van der Waals surface area contributed by atoms with Crippen LogP contribution in [-0.4, -0.2) is 40.4 Å². The van der Waals surface area contributed by atoms with Crippen LogP contribution in [0.4, 0.5) is 5.69 Å². The molecule has 0 fully saturated rings. The summed E-state index contributed by atoms with van der Waals surface area (Å²) >= 11 is 1.18. The molecule has 0 saturated heterocycles. The number of ether oxygens (including phenoxy) is 2. The van der Waals surface area contributed by atoms with Crippen molar-refractivity contribution in [2.75, 3.05) is 25.3 Å². The van der Waals surface area contributed by atoms with E-state index in [1.54, 1.807) is 50.6 Å². The highest BCUT2D eigenvalue weighted by Gasteiger charge is 2.20. The second-order valence-corrected chi connectivity index (χ2v) is 8.61. The van der Waals surface area contributed by atoms with Gasteiger partial charge in [0.1, 0.15) is 22.5 Å². The van der Waals surface area contributed by atoms with E-state index >= 15 is 0 Å². The van der Waals surface area contributed by atoms with Crippen LogP contribution in [0.1, 0.15) is 0 Å². The Kier molecular flexibility index (Phi) is 6.15. The van der Waals surface area contributed by atoms with E-state index in [1.165, 1.54) is 16.3 Å². The number of aromatic amines is 1. The highest BCUT2D eigenvalue weighted by atomic mass is 32.2. The number of amides is 1. The summed E-state index contributed by atoms with van der Waals surface area (Å²) < 4.78 is 12.2. The number of H-pyrrole nitrogens is 1. The van der Waals surface area contributed by atoms with Gasteiger partial charge >= 0.3 is 0 Å². The lowest BCUT2D eigenvalue weighted by atomic mass is 10.2. The molecular weight excluding hydrogens is 464 g/mol. The Morgan fingerprint density at radius 1 is 1.03 bits per heavy atom. The van der Waals surface area contributed by atoms with Gasteiger partial charge in [0.05, 0.1) is 25.7 Å². The van der Waals surface area contributed by atoms with E-state index in [0.29, 0.717) is 39.1 Å². The summed E-state index contributed by atoms with van der Waals surface area (Å²) in [7, 11) is 3.12. The summed E-state index contributed by atoms with van der Waals surface area (Å²) in [5.41, 5.74) is 2.67. The maximum Gasteiger partial charge on any atom is 0.283 e. The lowest BCUT2D eigenvalue weighted by Crippen LogP contribution is -2.23. The Balaban J connectivity index is 1.56. The van der Waals surface area contributed by atoms with Gasteiger partial charge in [0.15, 0.2) is 5.16 Å². The molecule has 3 aromatic carbocycles. The fraction of sp³-hybridized carbons (Fsp3) is 0.115. The fourth-order valence-corrected chi connectivity index (χ4v) is 4.69. The van der Waals surface area contributed by atoms with Gasteiger partial charge in [-0.15, -0.1) is 0 Å². The number of benzene rings is 3. The molecule has 5 rings (SSSR count). The molecule has 0 radical (unpaired) electrons. The van der Waals surface area contributed by atoms with Crippen molar-refractivity contribution in [1.82, 2.24) is 14.5 Å². The molecule has 9 heteroatoms. The van der Waals surface area contributed by atoms with Crippen LogP contribution in [0.3, 0.4) is 0 Å². The minimum Gasteiger partial charge on any atom is -0.497 e. The van der Waals surface area contributed by atoms with Crippen LogP contribution < -0.4 is 20.3 Å². The number of rotatable bonds is 7. The minimum absolute atomic E-state index is 0.0483. The third-order valence-electron chi connectivity index (χ3n) is 5.51. The van der Waals surface area contributed by atoms with Gasteiger partial charge in [0.25, 0.3) is 5.56 Å². The zero-order chi connectivity index (χ0) is 24.4. The predicted molar refractivity (Wildman–Crippen MR) is 138 cm³/mol. The Hall–Kier alpha value is -4.24. The van der Waals surface area contributed by atoms with E-state index in [2.05, 4.69) is 10.3 Å². The van der Waals surface area contributed by atoms with Crippen LogP contribution in [0.2, 0.25) is 0 Å². The SMILES string of the molecule is COc1cccc(NC(=O)CSc2nc3c([nH]c4ccccc43)c(=O)n2-c2ccccc2OC)c1. The van der Waals surface area contributed by atoms with Gasteiger partial charge in [-0.05, 0) is 30.3 Å². The molecule has 0 aliphatic carbocycles. The number of carbonyl (C=O) groups excluding carboxylic acids is 1. The predicted octanol–water partition coefficient (Wildman–Crippen LogP) is 4.62. The van der Waals surface area contributed by atoms with Crippen molar-refractivity contribution in [3.63, 3.8) is 0 Å². The first-order chi connectivity index (χ1) is 17.1. The first-order valence-corrected chi connectivity index (χ1v) is 11.8. The van der Waals surface area contributed by atoms with E-state index in [4.69, 9.17) is 14.5 Å². The molecule has 0 aliphatic rings. The number of fused-ring (bicyclic) bond motifs is 3. The van der Waals surface area contributed by atoms with Crippen LogP contribution in [-0.2, 0) is 4.79 Å². The molecule has 0 bridgehead atoms. The van der Waals surface area contributed by atoms with Crippen molar-refractivity contribution in [1.29, 1.82) is 0 Å². The lowest BCUT2D eigenvalue weighted by molar-refractivity contribution is -0.113. The van der Waals surface area contributed by atoms with Crippen LogP contribution in [0.15, 0.2) is 82.7 Å². The third kappa shape index (κ3) is 4.33. The average molecular weight is 487 g/mol. The number of hydrogen-bond donors (Lipinski definition) is 2. The molecule has 8 nitrogen and oxygen atoms in total. The number of thioether (sulfide) groups is 1. The molecule has 0 unspecified atom stereocenters. The molecule has 0 saturated carbocycles. The van der Waals surface area contributed by atoms with Gasteiger partial charge in [-0.3, -0.25) is 9.59 Å². The second-order valence-electron chi connectivity index (χ2n) is 7.67. The molecule has 0 aliphatic heterocycles. The first-order valence-electron chi connectivity index (χ1n) is 10.8. The summed E-state index contributed by atoms with van der Waals surface area (Å²) in [4.78, 5) is 34.5. The molecule has 0 atom stereocenters. The van der Waals surface area contributed by atoms with Gasteiger partial charge in [0, 0.05) is 22.7 Å². The molecule has 2 aromatic heterocycles. The molecule has 0 spiro atoms. The molecule has 1 amide bonds. The smallest absolute Gasteiger partial charge is 0.283 e. The van der Waals surface area contributed by atoms with Gasteiger partial charge < -0.3 is 19.8 Å². The summed E-state index contributed by atoms with van der Waals surface area (Å²) in [5, 5.41) is 4.09. The highest BCUT2D eigenvalue weighted by molar-refractivity contribution is 7.99. The lowest BCUT2D eigenvalue weighted by Gasteiger charge is -2.15. The molecular formula is C26H22N4O4S. The number of aromatic nitrogens is 3. The van der Waals surface area contributed by atoms with Crippen molar-refractivity contribution in [3.8, 4) is 17.2 Å². The van der Waals surface area contributed by atoms with Crippen molar-refractivity contribution in [2.45, 2.75) is 5.16 Å². The standard InChI is InChI=1S/C26H22N4O4S/c1-33-17-9-7-8-16(14-17)27-22(31)15-35-26-29-23-18-10-3-4-11-19(18)28-24(23)25(32)30(26)20-12-5-6-13-21(20)34-2/h3-14,28H,15H2,1-2H3,(H,27,31). The largest absolute Gasteiger partial charge is 0.497 e. The van der Waals surface area contributed by atoms with Crippen molar-refractivity contribution < 1.29 is 14.3 Å². The van der Waals surface area contributed by atoms with E-state index < -0.39 is 0 Å². The monoisotopic (exact) mass is 486 g/mol. The quantitative estimate of drug-likeness (QED) is 0.257. The zero-order valence-corrected chi connectivity index (χ0v) is 19.9. The highest BCUT2D eigenvalue weighted by Crippen LogP contribution is 2.29. The second kappa shape index (κ2) is 9.55. The molecule has 176 valence electrons. The Bertz CT molecular complexity index is 1610. The Labute approximate surface area is 204 Å². The summed E-state index contributed by atoms with van der Waals surface area (Å²) in [6.07, 6.45) is 0. The Morgan fingerprint density at radius 2 is 1.83 bits per heavy atom. The number of anilines is 1. The molecule has 2 N–H and O–H groups in total. The van der Waals surface area contributed by atoms with Crippen LogP contribution >= 0.6 is 11.8 Å². The van der Waals surface area contributed by atoms with Gasteiger partial charge in [-0.25, -0.2) is 9.55 Å². The van der Waals surface area contributed by atoms with Crippen LogP contribution in [0, 0.1) is 0 Å². The van der Waals surface area contributed by atoms with E-state index in [0.717, 1.165) is 10.9 Å². The van der Waals surface area contributed by atoms with Crippen molar-refractivity contribution in [2.24, 2.45) is 0 Å². The zero-order valence-electron chi connectivity index (χ0n) is 19.1. The third-order valence-corrected chi connectivity index (χ3v) is 6.44. The molecule has 5 aromatic rings. The van der Waals surface area contributed by atoms with Gasteiger partial charge in [0.2, 0.25) is 5.91 Å². The maximum absolute atomic E-state index is 13.7. The first kappa shape index (κ1) is 22.5. The number of nitrogens with zero attached hydrogens (tertiary/aromatic N) is 2. The molecule has 2 heterocycles. The number of methoxy groups -OCH3 is 2. The maximum atomic E-state index is 13.7.